The Morgan fingerprint density at radius 1 is 1.20 bits per heavy atom. The summed E-state index contributed by atoms with van der Waals surface area (Å²) in [4.78, 5) is 8.70. The molecule has 2 heterocycles. The molecule has 2 aromatic rings. The summed E-state index contributed by atoms with van der Waals surface area (Å²) >= 11 is 0. The van der Waals surface area contributed by atoms with Crippen LogP contribution in [-0.2, 0) is 5.54 Å². The van der Waals surface area contributed by atoms with Crippen molar-refractivity contribution in [3.05, 3.63) is 29.8 Å². The first-order valence-corrected chi connectivity index (χ1v) is 7.23. The molecule has 0 atom stereocenters. The Balaban J connectivity index is 1.89. The van der Waals surface area contributed by atoms with Gasteiger partial charge in [0.1, 0.15) is 0 Å². The summed E-state index contributed by atoms with van der Waals surface area (Å²) in [6.07, 6.45) is 8.37. The van der Waals surface area contributed by atoms with Crippen LogP contribution in [0.2, 0.25) is 0 Å². The van der Waals surface area contributed by atoms with Crippen LogP contribution in [0.1, 0.15) is 50.0 Å². The van der Waals surface area contributed by atoms with Gasteiger partial charge >= 0.3 is 0 Å². The highest BCUT2D eigenvalue weighted by Crippen LogP contribution is 2.33. The molecule has 3 rings (SSSR count). The molecule has 1 fully saturated rings. The minimum absolute atomic E-state index is 0.430. The lowest BCUT2D eigenvalue weighted by atomic mass is 9.91. The first-order valence-electron chi connectivity index (χ1n) is 7.23. The van der Waals surface area contributed by atoms with Gasteiger partial charge in [0.2, 0.25) is 0 Å². The molecule has 0 spiro atoms. The minimum Gasteiger partial charge on any atom is -0.334 e. The van der Waals surface area contributed by atoms with Gasteiger partial charge in [-0.3, -0.25) is 4.98 Å². The van der Waals surface area contributed by atoms with Gasteiger partial charge in [-0.2, -0.15) is 4.98 Å². The number of aromatic nitrogens is 3. The van der Waals surface area contributed by atoms with E-state index in [4.69, 9.17) is 10.3 Å². The highest BCUT2D eigenvalue weighted by molar-refractivity contribution is 5.52. The summed E-state index contributed by atoms with van der Waals surface area (Å²) in [5.74, 6) is 1.17. The first kappa shape index (κ1) is 13.2. The molecular weight excluding hydrogens is 252 g/mol. The van der Waals surface area contributed by atoms with Crippen molar-refractivity contribution in [3.8, 4) is 11.5 Å². The standard InChI is InChI=1S/C15H20N4O/c1-11-10-12(6-9-17-11)13-18-14(19-20-13)15(16)7-4-2-3-5-8-15/h6,9-10H,2-5,7-8,16H2,1H3. The Hall–Kier alpha value is -1.75. The van der Waals surface area contributed by atoms with E-state index in [0.717, 1.165) is 36.9 Å². The van der Waals surface area contributed by atoms with Gasteiger partial charge in [0.05, 0.1) is 5.54 Å². The van der Waals surface area contributed by atoms with Crippen molar-refractivity contribution in [1.29, 1.82) is 0 Å². The zero-order valence-electron chi connectivity index (χ0n) is 11.8. The second-order valence-corrected chi connectivity index (χ2v) is 5.68. The fourth-order valence-electron chi connectivity index (χ4n) is 2.80. The molecule has 20 heavy (non-hydrogen) atoms. The van der Waals surface area contributed by atoms with E-state index >= 15 is 0 Å². The number of aryl methyl sites for hydroxylation is 1. The predicted molar refractivity (Wildman–Crippen MR) is 75.8 cm³/mol. The maximum absolute atomic E-state index is 6.50. The van der Waals surface area contributed by atoms with E-state index < -0.39 is 5.54 Å². The van der Waals surface area contributed by atoms with Crippen LogP contribution in [0, 0.1) is 6.92 Å². The van der Waals surface area contributed by atoms with E-state index in [-0.39, 0.29) is 0 Å². The summed E-state index contributed by atoms with van der Waals surface area (Å²) < 4.78 is 5.40. The minimum atomic E-state index is -0.430. The number of hydrogen-bond acceptors (Lipinski definition) is 5. The smallest absolute Gasteiger partial charge is 0.258 e. The average Bonchev–Trinajstić information content (AvgIpc) is 2.84. The molecule has 1 saturated carbocycles. The van der Waals surface area contributed by atoms with Crippen molar-refractivity contribution in [3.63, 3.8) is 0 Å². The van der Waals surface area contributed by atoms with Crippen LogP contribution >= 0.6 is 0 Å². The van der Waals surface area contributed by atoms with Gasteiger partial charge in [-0.05, 0) is 31.9 Å². The lowest BCUT2D eigenvalue weighted by Crippen LogP contribution is -2.37. The molecular formula is C15H20N4O. The molecule has 0 aromatic carbocycles. The molecule has 106 valence electrons. The largest absolute Gasteiger partial charge is 0.334 e. The molecule has 0 saturated heterocycles. The number of nitrogens with two attached hydrogens (primary N) is 1. The van der Waals surface area contributed by atoms with E-state index in [9.17, 15) is 0 Å². The van der Waals surface area contributed by atoms with E-state index in [1.807, 2.05) is 19.1 Å². The van der Waals surface area contributed by atoms with Gasteiger partial charge in [0.15, 0.2) is 5.82 Å². The van der Waals surface area contributed by atoms with Gasteiger partial charge in [-0.15, -0.1) is 0 Å². The van der Waals surface area contributed by atoms with E-state index in [2.05, 4.69) is 15.1 Å². The van der Waals surface area contributed by atoms with Crippen LogP contribution in [0.15, 0.2) is 22.9 Å². The third kappa shape index (κ3) is 2.58. The van der Waals surface area contributed by atoms with Crippen molar-refractivity contribution in [2.45, 2.75) is 51.0 Å². The van der Waals surface area contributed by atoms with Crippen molar-refractivity contribution in [1.82, 2.24) is 15.1 Å². The molecule has 0 aliphatic heterocycles. The lowest BCUT2D eigenvalue weighted by Gasteiger charge is -2.23. The zero-order valence-corrected chi connectivity index (χ0v) is 11.8. The molecule has 1 aliphatic rings. The van der Waals surface area contributed by atoms with Gasteiger partial charge in [0, 0.05) is 17.5 Å². The zero-order chi connectivity index (χ0) is 14.0. The fourth-order valence-corrected chi connectivity index (χ4v) is 2.80. The number of pyridine rings is 1. The third-order valence-electron chi connectivity index (χ3n) is 4.01. The molecule has 2 N–H and O–H groups in total. The van der Waals surface area contributed by atoms with Crippen molar-refractivity contribution < 1.29 is 4.52 Å². The first-order chi connectivity index (χ1) is 9.67. The molecule has 1 aliphatic carbocycles. The van der Waals surface area contributed by atoms with E-state index in [1.54, 1.807) is 6.20 Å². The number of hydrogen-bond donors (Lipinski definition) is 1. The Labute approximate surface area is 118 Å². The quantitative estimate of drug-likeness (QED) is 0.850. The molecule has 0 unspecified atom stereocenters. The molecule has 5 heteroatoms. The van der Waals surface area contributed by atoms with Gasteiger partial charge in [-0.1, -0.05) is 30.8 Å². The van der Waals surface area contributed by atoms with Crippen molar-refractivity contribution >= 4 is 0 Å². The van der Waals surface area contributed by atoms with Crippen molar-refractivity contribution in [2.24, 2.45) is 5.73 Å². The maximum atomic E-state index is 6.50. The third-order valence-corrected chi connectivity index (χ3v) is 4.01. The van der Waals surface area contributed by atoms with Gasteiger partial charge in [-0.25, -0.2) is 0 Å². The van der Waals surface area contributed by atoms with Gasteiger partial charge < -0.3 is 10.3 Å². The summed E-state index contributed by atoms with van der Waals surface area (Å²) in [5, 5.41) is 4.13. The predicted octanol–water partition coefficient (Wildman–Crippen LogP) is 2.95. The molecule has 5 nitrogen and oxygen atoms in total. The average molecular weight is 272 g/mol. The van der Waals surface area contributed by atoms with Crippen LogP contribution in [0.25, 0.3) is 11.5 Å². The second-order valence-electron chi connectivity index (χ2n) is 5.68. The van der Waals surface area contributed by atoms with Crippen LogP contribution in [0.3, 0.4) is 0 Å². The Bertz CT molecular complexity index is 585. The van der Waals surface area contributed by atoms with Crippen LogP contribution in [0.5, 0.6) is 0 Å². The Morgan fingerprint density at radius 3 is 2.65 bits per heavy atom. The Kier molecular flexibility index (Phi) is 3.53. The highest BCUT2D eigenvalue weighted by Gasteiger charge is 2.33. The molecule has 2 aromatic heterocycles. The molecule has 0 amide bonds. The Morgan fingerprint density at radius 2 is 1.95 bits per heavy atom. The van der Waals surface area contributed by atoms with Crippen LogP contribution in [-0.4, -0.2) is 15.1 Å². The summed E-state index contributed by atoms with van der Waals surface area (Å²) in [6, 6.07) is 3.81. The van der Waals surface area contributed by atoms with Gasteiger partial charge in [0.25, 0.3) is 5.89 Å². The molecule has 0 radical (unpaired) electrons. The van der Waals surface area contributed by atoms with E-state index in [1.165, 1.54) is 12.8 Å². The number of rotatable bonds is 2. The SMILES string of the molecule is Cc1cc(-c2nc(C3(N)CCCCCC3)no2)ccn1. The van der Waals surface area contributed by atoms with E-state index in [0.29, 0.717) is 11.7 Å². The van der Waals surface area contributed by atoms with Crippen LogP contribution in [0.4, 0.5) is 0 Å². The fraction of sp³-hybridized carbons (Fsp3) is 0.533. The van der Waals surface area contributed by atoms with Crippen LogP contribution < -0.4 is 5.73 Å². The normalized spacial score (nSPS) is 18.7. The highest BCUT2D eigenvalue weighted by atomic mass is 16.5. The molecule has 0 bridgehead atoms. The maximum Gasteiger partial charge on any atom is 0.258 e. The summed E-state index contributed by atoms with van der Waals surface area (Å²) in [5.41, 5.74) is 7.90. The summed E-state index contributed by atoms with van der Waals surface area (Å²) in [6.45, 7) is 1.94. The second kappa shape index (κ2) is 5.32. The topological polar surface area (TPSA) is 77.8 Å². The number of nitrogens with zero attached hydrogens (tertiary/aromatic N) is 3. The lowest BCUT2D eigenvalue weighted by molar-refractivity contribution is 0.334. The summed E-state index contributed by atoms with van der Waals surface area (Å²) in [7, 11) is 0. The van der Waals surface area contributed by atoms with Crippen molar-refractivity contribution in [2.75, 3.05) is 0 Å². The monoisotopic (exact) mass is 272 g/mol.